The van der Waals surface area contributed by atoms with E-state index in [1.807, 2.05) is 24.3 Å². The van der Waals surface area contributed by atoms with Crippen LogP contribution in [0.25, 0.3) is 16.7 Å². The van der Waals surface area contributed by atoms with Gasteiger partial charge in [0.2, 0.25) is 0 Å². The summed E-state index contributed by atoms with van der Waals surface area (Å²) in [4.78, 5) is 1.67. The second kappa shape index (κ2) is 9.02. The van der Waals surface area contributed by atoms with Crippen molar-refractivity contribution >= 4 is 11.0 Å². The minimum atomic E-state index is -0.107. The summed E-state index contributed by atoms with van der Waals surface area (Å²) in [5.41, 5.74) is 4.73. The average Bonchev–Trinajstić information content (AvgIpc) is 3.29. The van der Waals surface area contributed by atoms with Gasteiger partial charge in [-0.2, -0.15) is 0 Å². The van der Waals surface area contributed by atoms with Crippen LogP contribution >= 0.6 is 0 Å². The summed E-state index contributed by atoms with van der Waals surface area (Å²) >= 11 is 0. The van der Waals surface area contributed by atoms with Gasteiger partial charge < -0.3 is 5.11 Å². The van der Waals surface area contributed by atoms with E-state index in [4.69, 9.17) is 10.2 Å². The van der Waals surface area contributed by atoms with E-state index in [1.165, 1.54) is 69.8 Å². The highest BCUT2D eigenvalue weighted by Gasteiger charge is 2.38. The first kappa shape index (κ1) is 23.4. The van der Waals surface area contributed by atoms with E-state index in [1.54, 1.807) is 4.80 Å². The maximum absolute atomic E-state index is 11.7. The van der Waals surface area contributed by atoms with E-state index >= 15 is 0 Å². The van der Waals surface area contributed by atoms with E-state index < -0.39 is 0 Å². The van der Waals surface area contributed by atoms with Crippen molar-refractivity contribution in [2.24, 2.45) is 11.8 Å². The first-order valence-corrected chi connectivity index (χ1v) is 13.5. The summed E-state index contributed by atoms with van der Waals surface area (Å²) in [6.07, 6.45) is 13.0. The van der Waals surface area contributed by atoms with Crippen LogP contribution in [0.4, 0.5) is 0 Å². The number of nitrogens with zero attached hydrogens (tertiary/aromatic N) is 3. The first-order chi connectivity index (χ1) is 16.3. The fourth-order valence-electron chi connectivity index (χ4n) is 6.71. The number of aromatic nitrogens is 3. The van der Waals surface area contributed by atoms with Gasteiger partial charge in [0.05, 0.1) is 0 Å². The van der Waals surface area contributed by atoms with Crippen molar-refractivity contribution in [1.82, 2.24) is 15.0 Å². The number of aromatic hydroxyl groups is 1. The third-order valence-corrected chi connectivity index (χ3v) is 9.28. The standard InChI is InChI=1S/C30H41N3O/c1-29(2,21-13-7-5-8-14-21)23-19-24(30(3,4)22-15-9-6-10-16-22)28(34)27(20-23)33-31-25-17-11-12-18-26(25)32-33/h11-12,17-22,34H,5-10,13-16H2,1-4H3. The van der Waals surface area contributed by atoms with Crippen LogP contribution in [0.15, 0.2) is 36.4 Å². The van der Waals surface area contributed by atoms with Gasteiger partial charge in [-0.25, -0.2) is 0 Å². The molecular formula is C30H41N3O. The molecule has 5 rings (SSSR count). The molecule has 2 fully saturated rings. The lowest BCUT2D eigenvalue weighted by Crippen LogP contribution is -2.33. The smallest absolute Gasteiger partial charge is 0.146 e. The fraction of sp³-hybridized carbons (Fsp3) is 0.600. The molecule has 1 aromatic heterocycles. The third kappa shape index (κ3) is 4.14. The third-order valence-electron chi connectivity index (χ3n) is 9.28. The Kier molecular flexibility index (Phi) is 6.20. The monoisotopic (exact) mass is 459 g/mol. The summed E-state index contributed by atoms with van der Waals surface area (Å²) in [6, 6.07) is 12.5. The molecular weight excluding hydrogens is 418 g/mol. The van der Waals surface area contributed by atoms with Gasteiger partial charge in [-0.3, -0.25) is 0 Å². The van der Waals surface area contributed by atoms with Gasteiger partial charge in [0, 0.05) is 5.56 Å². The predicted molar refractivity (Wildman–Crippen MR) is 140 cm³/mol. The van der Waals surface area contributed by atoms with Gasteiger partial charge in [-0.1, -0.05) is 84.4 Å². The highest BCUT2D eigenvalue weighted by molar-refractivity contribution is 5.74. The molecule has 0 radical (unpaired) electrons. The summed E-state index contributed by atoms with van der Waals surface area (Å²) in [7, 11) is 0. The fourth-order valence-corrected chi connectivity index (χ4v) is 6.71. The second-order valence-corrected chi connectivity index (χ2v) is 12.0. The van der Waals surface area contributed by atoms with Crippen LogP contribution in [0.2, 0.25) is 0 Å². The SMILES string of the molecule is CC(C)(c1cc(-n2nc3ccccc3n2)c(O)c(C(C)(C)C2CCCCC2)c1)C1CCCCC1. The Morgan fingerprint density at radius 1 is 0.735 bits per heavy atom. The number of hydrogen-bond acceptors (Lipinski definition) is 3. The van der Waals surface area contributed by atoms with Gasteiger partial charge in [0.25, 0.3) is 0 Å². The molecule has 182 valence electrons. The number of benzene rings is 2. The van der Waals surface area contributed by atoms with Crippen LogP contribution in [0, 0.1) is 11.8 Å². The molecule has 2 saturated carbocycles. The molecule has 4 heteroatoms. The Hall–Kier alpha value is -2.36. The van der Waals surface area contributed by atoms with Crippen molar-refractivity contribution in [2.45, 2.75) is 103 Å². The molecule has 1 heterocycles. The minimum absolute atomic E-state index is 0.0346. The number of fused-ring (bicyclic) bond motifs is 1. The maximum atomic E-state index is 11.7. The lowest BCUT2D eigenvalue weighted by Gasteiger charge is -2.41. The van der Waals surface area contributed by atoms with Gasteiger partial charge in [-0.05, 0) is 72.1 Å². The van der Waals surface area contributed by atoms with E-state index in [9.17, 15) is 5.11 Å². The first-order valence-electron chi connectivity index (χ1n) is 13.5. The number of phenols is 1. The van der Waals surface area contributed by atoms with Crippen molar-refractivity contribution in [1.29, 1.82) is 0 Å². The van der Waals surface area contributed by atoms with E-state index in [-0.39, 0.29) is 10.8 Å². The Bertz CT molecular complexity index is 1110. The van der Waals surface area contributed by atoms with Gasteiger partial charge >= 0.3 is 0 Å². The maximum Gasteiger partial charge on any atom is 0.146 e. The van der Waals surface area contributed by atoms with Crippen LogP contribution in [-0.2, 0) is 10.8 Å². The Morgan fingerprint density at radius 2 is 1.24 bits per heavy atom. The molecule has 0 saturated heterocycles. The largest absolute Gasteiger partial charge is 0.505 e. The highest BCUT2D eigenvalue weighted by atomic mass is 16.3. The number of phenolic OH excluding ortho intramolecular Hbond substituents is 1. The number of rotatable bonds is 5. The molecule has 0 amide bonds. The van der Waals surface area contributed by atoms with Crippen molar-refractivity contribution in [3.8, 4) is 11.4 Å². The second-order valence-electron chi connectivity index (χ2n) is 12.0. The molecule has 0 aliphatic heterocycles. The van der Waals surface area contributed by atoms with E-state index in [0.29, 0.717) is 17.6 Å². The summed E-state index contributed by atoms with van der Waals surface area (Å²) in [5, 5.41) is 21.3. The highest BCUT2D eigenvalue weighted by Crippen LogP contribution is 2.48. The van der Waals surface area contributed by atoms with Crippen LogP contribution in [0.1, 0.15) is 103 Å². The Labute approximate surface area is 204 Å². The molecule has 2 aliphatic rings. The molecule has 0 bridgehead atoms. The molecule has 1 N–H and O–H groups in total. The molecule has 34 heavy (non-hydrogen) atoms. The molecule has 4 nitrogen and oxygen atoms in total. The van der Waals surface area contributed by atoms with Crippen molar-refractivity contribution in [3.63, 3.8) is 0 Å². The van der Waals surface area contributed by atoms with Gasteiger partial charge in [0.15, 0.2) is 0 Å². The molecule has 2 aromatic carbocycles. The normalized spacial score (nSPS) is 19.1. The van der Waals surface area contributed by atoms with Gasteiger partial charge in [0.1, 0.15) is 22.5 Å². The van der Waals surface area contributed by atoms with Crippen molar-refractivity contribution in [3.05, 3.63) is 47.5 Å². The van der Waals surface area contributed by atoms with E-state index in [0.717, 1.165) is 22.3 Å². The topological polar surface area (TPSA) is 50.9 Å². The average molecular weight is 460 g/mol. The lowest BCUT2D eigenvalue weighted by atomic mass is 9.64. The van der Waals surface area contributed by atoms with Crippen LogP contribution in [0.3, 0.4) is 0 Å². The molecule has 3 aromatic rings. The van der Waals surface area contributed by atoms with E-state index in [2.05, 4.69) is 39.8 Å². The zero-order valence-electron chi connectivity index (χ0n) is 21.5. The quantitative estimate of drug-likeness (QED) is 0.423. The predicted octanol–water partition coefficient (Wildman–Crippen LogP) is 7.84. The summed E-state index contributed by atoms with van der Waals surface area (Å²) < 4.78 is 0. The van der Waals surface area contributed by atoms with Gasteiger partial charge in [-0.15, -0.1) is 15.0 Å². The molecule has 0 atom stereocenters. The zero-order chi connectivity index (χ0) is 23.9. The van der Waals surface area contributed by atoms with Crippen molar-refractivity contribution < 1.29 is 5.11 Å². The van der Waals surface area contributed by atoms with Crippen LogP contribution < -0.4 is 0 Å². The molecule has 0 unspecified atom stereocenters. The lowest BCUT2D eigenvalue weighted by molar-refractivity contribution is 0.226. The Balaban J connectivity index is 1.67. The zero-order valence-corrected chi connectivity index (χ0v) is 21.5. The van der Waals surface area contributed by atoms with Crippen LogP contribution in [0.5, 0.6) is 5.75 Å². The number of hydrogen-bond donors (Lipinski definition) is 1. The molecule has 0 spiro atoms. The summed E-state index contributed by atoms with van der Waals surface area (Å²) in [5.74, 6) is 1.59. The minimum Gasteiger partial charge on any atom is -0.505 e. The molecule has 2 aliphatic carbocycles. The van der Waals surface area contributed by atoms with Crippen molar-refractivity contribution in [2.75, 3.05) is 0 Å². The van der Waals surface area contributed by atoms with Crippen LogP contribution in [-0.4, -0.2) is 20.1 Å². The Morgan fingerprint density at radius 3 is 1.76 bits per heavy atom. The summed E-state index contributed by atoms with van der Waals surface area (Å²) in [6.45, 7) is 9.49.